The first kappa shape index (κ1) is 14.0. The van der Waals surface area contributed by atoms with Crippen LogP contribution >= 0.6 is 11.6 Å². The second-order valence-corrected chi connectivity index (χ2v) is 5.06. The van der Waals surface area contributed by atoms with E-state index in [4.69, 9.17) is 16.3 Å². The van der Waals surface area contributed by atoms with Gasteiger partial charge < -0.3 is 9.64 Å². The minimum atomic E-state index is -0.451. The summed E-state index contributed by atoms with van der Waals surface area (Å²) in [5, 5.41) is 11.0. The fourth-order valence-corrected chi connectivity index (χ4v) is 2.58. The van der Waals surface area contributed by atoms with Crippen LogP contribution in [-0.2, 0) is 4.74 Å². The number of nitrogens with zero attached hydrogens (tertiary/aromatic N) is 3. The van der Waals surface area contributed by atoms with E-state index >= 15 is 0 Å². The summed E-state index contributed by atoms with van der Waals surface area (Å²) in [7, 11) is 1.68. The van der Waals surface area contributed by atoms with Crippen molar-refractivity contribution in [2.24, 2.45) is 5.92 Å². The molecule has 6 nitrogen and oxygen atoms in total. The predicted octanol–water partition coefficient (Wildman–Crippen LogP) is 2.51. The van der Waals surface area contributed by atoms with Gasteiger partial charge in [0.05, 0.1) is 23.7 Å². The summed E-state index contributed by atoms with van der Waals surface area (Å²) in [6.45, 7) is 2.32. The highest BCUT2D eigenvalue weighted by atomic mass is 35.5. The Kier molecular flexibility index (Phi) is 4.55. The van der Waals surface area contributed by atoms with Gasteiger partial charge in [-0.15, -0.1) is 0 Å². The van der Waals surface area contributed by atoms with Gasteiger partial charge in [-0.3, -0.25) is 10.1 Å². The highest BCUT2D eigenvalue weighted by Crippen LogP contribution is 2.27. The summed E-state index contributed by atoms with van der Waals surface area (Å²) in [4.78, 5) is 16.6. The molecule has 19 heavy (non-hydrogen) atoms. The van der Waals surface area contributed by atoms with Gasteiger partial charge >= 0.3 is 0 Å². The van der Waals surface area contributed by atoms with Crippen molar-refractivity contribution in [3.05, 3.63) is 27.4 Å². The molecule has 0 bridgehead atoms. The minimum absolute atomic E-state index is 0.0242. The van der Waals surface area contributed by atoms with E-state index in [2.05, 4.69) is 4.98 Å². The fourth-order valence-electron chi connectivity index (χ4n) is 2.38. The van der Waals surface area contributed by atoms with Crippen LogP contribution in [0.4, 0.5) is 11.5 Å². The molecule has 0 N–H and O–H groups in total. The van der Waals surface area contributed by atoms with Gasteiger partial charge in [-0.2, -0.15) is 0 Å². The molecule has 1 fully saturated rings. The van der Waals surface area contributed by atoms with Gasteiger partial charge in [0.2, 0.25) is 0 Å². The van der Waals surface area contributed by atoms with Crippen molar-refractivity contribution in [1.29, 1.82) is 0 Å². The Hall–Kier alpha value is -1.40. The van der Waals surface area contributed by atoms with Crippen LogP contribution in [0.25, 0.3) is 0 Å². The zero-order chi connectivity index (χ0) is 13.8. The fraction of sp³-hybridized carbons (Fsp3) is 0.583. The molecule has 1 aromatic heterocycles. The smallest absolute Gasteiger partial charge is 0.276 e. The Morgan fingerprint density at radius 1 is 1.63 bits per heavy atom. The monoisotopic (exact) mass is 285 g/mol. The van der Waals surface area contributed by atoms with Gasteiger partial charge in [0.25, 0.3) is 5.69 Å². The molecule has 1 unspecified atom stereocenters. The summed E-state index contributed by atoms with van der Waals surface area (Å²) in [6.07, 6.45) is 2.13. The highest BCUT2D eigenvalue weighted by molar-refractivity contribution is 6.29. The summed E-state index contributed by atoms with van der Waals surface area (Å²) < 4.78 is 5.17. The Balaban J connectivity index is 2.18. The van der Waals surface area contributed by atoms with E-state index in [1.165, 1.54) is 12.1 Å². The highest BCUT2D eigenvalue weighted by Gasteiger charge is 2.22. The minimum Gasteiger partial charge on any atom is -0.384 e. The first-order chi connectivity index (χ1) is 9.10. The van der Waals surface area contributed by atoms with Crippen molar-refractivity contribution < 1.29 is 9.66 Å². The molecule has 1 aliphatic rings. The molecule has 1 aromatic rings. The quantitative estimate of drug-likeness (QED) is 0.483. The van der Waals surface area contributed by atoms with Crippen molar-refractivity contribution in [3.8, 4) is 0 Å². The molecule has 0 spiro atoms. The number of halogens is 1. The molecule has 0 saturated carbocycles. The lowest BCUT2D eigenvalue weighted by Crippen LogP contribution is -2.37. The van der Waals surface area contributed by atoms with Gasteiger partial charge in [0, 0.05) is 20.2 Å². The lowest BCUT2D eigenvalue weighted by atomic mass is 9.99. The number of piperidine rings is 1. The Bertz CT molecular complexity index is 468. The third-order valence-electron chi connectivity index (χ3n) is 3.22. The SMILES string of the molecule is COCC1CCCN(c2cc([N+](=O)[O-])cc(Cl)n2)C1. The maximum atomic E-state index is 10.8. The van der Waals surface area contributed by atoms with Gasteiger partial charge in [0.1, 0.15) is 11.0 Å². The number of rotatable bonds is 4. The largest absolute Gasteiger partial charge is 0.384 e. The van der Waals surface area contributed by atoms with Crippen molar-refractivity contribution in [2.75, 3.05) is 31.7 Å². The van der Waals surface area contributed by atoms with Crippen molar-refractivity contribution >= 4 is 23.1 Å². The average Bonchev–Trinajstić information content (AvgIpc) is 2.38. The molecule has 2 rings (SSSR count). The standard InChI is InChI=1S/C12H16ClN3O3/c1-19-8-9-3-2-4-15(7-9)12-6-10(16(17)18)5-11(13)14-12/h5-6,9H,2-4,7-8H2,1H3. The molecule has 7 heteroatoms. The third kappa shape index (κ3) is 3.54. The number of aromatic nitrogens is 1. The van der Waals surface area contributed by atoms with Gasteiger partial charge in [-0.25, -0.2) is 4.98 Å². The maximum Gasteiger partial charge on any atom is 0.276 e. The number of hydrogen-bond donors (Lipinski definition) is 0. The first-order valence-electron chi connectivity index (χ1n) is 6.16. The molecule has 1 saturated heterocycles. The molecule has 0 amide bonds. The van der Waals surface area contributed by atoms with Crippen LogP contribution in [0.15, 0.2) is 12.1 Å². The lowest BCUT2D eigenvalue weighted by molar-refractivity contribution is -0.384. The molecule has 0 aliphatic carbocycles. The second-order valence-electron chi connectivity index (χ2n) is 4.67. The predicted molar refractivity (Wildman–Crippen MR) is 72.7 cm³/mol. The molecule has 0 aromatic carbocycles. The Morgan fingerprint density at radius 2 is 2.42 bits per heavy atom. The normalized spacial score (nSPS) is 19.5. The number of pyridine rings is 1. The number of methoxy groups -OCH3 is 1. The van der Waals surface area contributed by atoms with E-state index in [0.717, 1.165) is 25.9 Å². The summed E-state index contributed by atoms with van der Waals surface area (Å²) >= 11 is 5.84. The van der Waals surface area contributed by atoms with Crippen LogP contribution in [0.3, 0.4) is 0 Å². The molecule has 1 aliphatic heterocycles. The van der Waals surface area contributed by atoms with E-state index in [-0.39, 0.29) is 10.8 Å². The number of anilines is 1. The van der Waals surface area contributed by atoms with E-state index in [1.54, 1.807) is 7.11 Å². The first-order valence-corrected chi connectivity index (χ1v) is 6.54. The molecular formula is C12H16ClN3O3. The topological polar surface area (TPSA) is 68.5 Å². The number of nitro groups is 1. The molecule has 104 valence electrons. The van der Waals surface area contributed by atoms with Crippen molar-refractivity contribution in [3.63, 3.8) is 0 Å². The third-order valence-corrected chi connectivity index (χ3v) is 3.42. The summed E-state index contributed by atoms with van der Waals surface area (Å²) in [5.74, 6) is 0.999. The van der Waals surface area contributed by atoms with Gasteiger partial charge in [-0.05, 0) is 18.8 Å². The number of ether oxygens (including phenoxy) is 1. The van der Waals surface area contributed by atoms with Crippen LogP contribution in [0.5, 0.6) is 0 Å². The van der Waals surface area contributed by atoms with E-state index < -0.39 is 4.92 Å². The van der Waals surface area contributed by atoms with Crippen LogP contribution in [0, 0.1) is 16.0 Å². The van der Waals surface area contributed by atoms with Crippen LogP contribution in [0.2, 0.25) is 5.15 Å². The van der Waals surface area contributed by atoms with E-state index in [1.807, 2.05) is 4.90 Å². The molecule has 0 radical (unpaired) electrons. The maximum absolute atomic E-state index is 10.8. The molecule has 1 atom stereocenters. The molecular weight excluding hydrogens is 270 g/mol. The second kappa shape index (κ2) is 6.16. The van der Waals surface area contributed by atoms with Crippen LogP contribution < -0.4 is 4.90 Å². The van der Waals surface area contributed by atoms with E-state index in [0.29, 0.717) is 18.3 Å². The van der Waals surface area contributed by atoms with Gasteiger partial charge in [0.15, 0.2) is 0 Å². The number of hydrogen-bond acceptors (Lipinski definition) is 5. The zero-order valence-corrected chi connectivity index (χ0v) is 11.5. The van der Waals surface area contributed by atoms with Crippen LogP contribution in [0.1, 0.15) is 12.8 Å². The summed E-state index contributed by atoms with van der Waals surface area (Å²) in [5.41, 5.74) is -0.0242. The average molecular weight is 286 g/mol. The van der Waals surface area contributed by atoms with Crippen molar-refractivity contribution in [1.82, 2.24) is 4.98 Å². The van der Waals surface area contributed by atoms with Gasteiger partial charge in [-0.1, -0.05) is 11.6 Å². The van der Waals surface area contributed by atoms with E-state index in [9.17, 15) is 10.1 Å². The van der Waals surface area contributed by atoms with Crippen LogP contribution in [-0.4, -0.2) is 36.7 Å². The lowest BCUT2D eigenvalue weighted by Gasteiger charge is -2.33. The summed E-state index contributed by atoms with van der Waals surface area (Å²) in [6, 6.07) is 2.74. The zero-order valence-electron chi connectivity index (χ0n) is 10.7. The Labute approximate surface area is 116 Å². The Morgan fingerprint density at radius 3 is 3.11 bits per heavy atom. The molecule has 2 heterocycles. The van der Waals surface area contributed by atoms with Crippen molar-refractivity contribution in [2.45, 2.75) is 12.8 Å².